The lowest BCUT2D eigenvalue weighted by atomic mass is 10.0. The molecule has 1 aliphatic rings. The Labute approximate surface area is 113 Å². The highest BCUT2D eigenvalue weighted by atomic mass is 32.2. The molecule has 6 heteroatoms. The number of hydrogen-bond acceptors (Lipinski definition) is 2. The van der Waals surface area contributed by atoms with Gasteiger partial charge in [0.05, 0.1) is 0 Å². The van der Waals surface area contributed by atoms with Crippen LogP contribution in [-0.2, 0) is 0 Å². The summed E-state index contributed by atoms with van der Waals surface area (Å²) in [5.74, 6) is 0.537. The Morgan fingerprint density at radius 3 is 2.84 bits per heavy atom. The second-order valence-corrected chi connectivity index (χ2v) is 5.63. The lowest BCUT2D eigenvalue weighted by molar-refractivity contribution is -0.135. The molecule has 0 aliphatic carbocycles. The van der Waals surface area contributed by atoms with Crippen LogP contribution in [0.4, 0.5) is 17.6 Å². The number of halogens is 4. The van der Waals surface area contributed by atoms with Crippen molar-refractivity contribution < 1.29 is 17.6 Å². The Kier molecular flexibility index (Phi) is 4.73. The predicted molar refractivity (Wildman–Crippen MR) is 67.8 cm³/mol. The minimum absolute atomic E-state index is 0.0415. The molecule has 0 fully saturated rings. The highest BCUT2D eigenvalue weighted by molar-refractivity contribution is 7.99. The molecule has 0 saturated heterocycles. The van der Waals surface area contributed by atoms with Crippen molar-refractivity contribution in [2.24, 2.45) is 0 Å². The average Bonchev–Trinajstić information content (AvgIpc) is 2.34. The fraction of sp³-hybridized carbons (Fsp3) is 0.538. The van der Waals surface area contributed by atoms with Gasteiger partial charge in [0, 0.05) is 17.4 Å². The summed E-state index contributed by atoms with van der Waals surface area (Å²) in [5.41, 5.74) is 0.864. The van der Waals surface area contributed by atoms with Crippen LogP contribution in [0.25, 0.3) is 0 Å². The summed E-state index contributed by atoms with van der Waals surface area (Å²) in [7, 11) is 0. The molecule has 0 spiro atoms. The minimum Gasteiger partial charge on any atom is -0.310 e. The largest absolute Gasteiger partial charge is 0.389 e. The Hall–Kier alpha value is -0.750. The van der Waals surface area contributed by atoms with Crippen LogP contribution in [0.5, 0.6) is 0 Å². The Morgan fingerprint density at radius 2 is 2.11 bits per heavy atom. The van der Waals surface area contributed by atoms with Crippen LogP contribution in [-0.4, -0.2) is 18.5 Å². The summed E-state index contributed by atoms with van der Waals surface area (Å²) < 4.78 is 49.7. The van der Waals surface area contributed by atoms with E-state index in [1.165, 1.54) is 17.8 Å². The van der Waals surface area contributed by atoms with E-state index in [0.29, 0.717) is 11.4 Å². The highest BCUT2D eigenvalue weighted by Gasteiger charge is 2.27. The normalized spacial score (nSPS) is 19.3. The van der Waals surface area contributed by atoms with E-state index in [4.69, 9.17) is 0 Å². The van der Waals surface area contributed by atoms with Gasteiger partial charge in [-0.3, -0.25) is 0 Å². The van der Waals surface area contributed by atoms with E-state index in [2.05, 4.69) is 5.32 Å². The number of fused-ring (bicyclic) bond motifs is 1. The molecule has 1 N–H and O–H groups in total. The number of thioether (sulfide) groups is 1. The number of benzene rings is 1. The molecule has 0 saturated carbocycles. The topological polar surface area (TPSA) is 12.0 Å². The van der Waals surface area contributed by atoms with Gasteiger partial charge in [-0.1, -0.05) is 12.1 Å². The molecule has 106 valence electrons. The molecule has 0 bridgehead atoms. The number of nitrogens with one attached hydrogen (secondary N) is 1. The molecule has 1 heterocycles. The molecule has 1 nitrogen and oxygen atoms in total. The van der Waals surface area contributed by atoms with E-state index in [1.54, 1.807) is 6.07 Å². The van der Waals surface area contributed by atoms with Gasteiger partial charge in [0.15, 0.2) is 0 Å². The molecule has 2 rings (SSSR count). The Bertz CT molecular complexity index is 433. The van der Waals surface area contributed by atoms with Gasteiger partial charge in [0.25, 0.3) is 0 Å². The van der Waals surface area contributed by atoms with Crippen LogP contribution in [0.15, 0.2) is 23.1 Å². The van der Waals surface area contributed by atoms with Crippen molar-refractivity contribution in [3.05, 3.63) is 29.6 Å². The first-order chi connectivity index (χ1) is 8.97. The van der Waals surface area contributed by atoms with Crippen molar-refractivity contribution in [3.8, 4) is 0 Å². The summed E-state index contributed by atoms with van der Waals surface area (Å²) in [6.07, 6.45) is -4.02. The highest BCUT2D eigenvalue weighted by Crippen LogP contribution is 2.37. The molecule has 19 heavy (non-hydrogen) atoms. The smallest absolute Gasteiger partial charge is 0.310 e. The summed E-state index contributed by atoms with van der Waals surface area (Å²) in [6.45, 7) is 0.296. The molecule has 0 aromatic heterocycles. The van der Waals surface area contributed by atoms with Crippen molar-refractivity contribution in [2.75, 3.05) is 12.3 Å². The van der Waals surface area contributed by atoms with E-state index in [0.717, 1.165) is 17.7 Å². The molecular formula is C13H15F4NS. The SMILES string of the molecule is Fc1cccc2c1SCCC2NCCCC(F)(F)F. The zero-order valence-corrected chi connectivity index (χ0v) is 11.1. The van der Waals surface area contributed by atoms with Crippen LogP contribution in [0.1, 0.15) is 30.9 Å². The fourth-order valence-corrected chi connectivity index (χ4v) is 3.30. The first-order valence-electron chi connectivity index (χ1n) is 6.19. The van der Waals surface area contributed by atoms with E-state index < -0.39 is 12.6 Å². The van der Waals surface area contributed by atoms with Crippen molar-refractivity contribution in [3.63, 3.8) is 0 Å². The van der Waals surface area contributed by atoms with Gasteiger partial charge in [-0.2, -0.15) is 13.2 Å². The summed E-state index contributed by atoms with van der Waals surface area (Å²) in [5, 5.41) is 3.10. The van der Waals surface area contributed by atoms with Crippen molar-refractivity contribution in [1.29, 1.82) is 0 Å². The quantitative estimate of drug-likeness (QED) is 0.656. The molecule has 1 aromatic carbocycles. The molecule has 1 aliphatic heterocycles. The number of rotatable bonds is 4. The number of hydrogen-bond donors (Lipinski definition) is 1. The van der Waals surface area contributed by atoms with Crippen molar-refractivity contribution >= 4 is 11.8 Å². The molecule has 0 radical (unpaired) electrons. The summed E-state index contributed by atoms with van der Waals surface area (Å²) in [6, 6.07) is 4.86. The minimum atomic E-state index is -4.10. The third kappa shape index (κ3) is 4.11. The lowest BCUT2D eigenvalue weighted by Gasteiger charge is -2.26. The average molecular weight is 293 g/mol. The molecule has 1 atom stereocenters. The molecule has 1 unspecified atom stereocenters. The van der Waals surface area contributed by atoms with Gasteiger partial charge in [-0.05, 0) is 36.8 Å². The summed E-state index contributed by atoms with van der Waals surface area (Å²) >= 11 is 1.47. The van der Waals surface area contributed by atoms with Crippen molar-refractivity contribution in [1.82, 2.24) is 5.32 Å². The first-order valence-corrected chi connectivity index (χ1v) is 7.17. The maximum atomic E-state index is 13.6. The predicted octanol–water partition coefficient (Wildman–Crippen LogP) is 4.29. The maximum absolute atomic E-state index is 13.6. The molecule has 1 aromatic rings. The van der Waals surface area contributed by atoms with Crippen molar-refractivity contribution in [2.45, 2.75) is 36.4 Å². The van der Waals surface area contributed by atoms with E-state index >= 15 is 0 Å². The Morgan fingerprint density at radius 1 is 1.32 bits per heavy atom. The van der Waals surface area contributed by atoms with Crippen LogP contribution >= 0.6 is 11.8 Å². The first kappa shape index (κ1) is 14.7. The molecule has 0 amide bonds. The Balaban J connectivity index is 1.91. The monoisotopic (exact) mass is 293 g/mol. The summed E-state index contributed by atoms with van der Waals surface area (Å²) in [4.78, 5) is 0.627. The third-order valence-corrected chi connectivity index (χ3v) is 4.21. The second kappa shape index (κ2) is 6.13. The maximum Gasteiger partial charge on any atom is 0.389 e. The van der Waals surface area contributed by atoms with Gasteiger partial charge < -0.3 is 5.32 Å². The van der Waals surface area contributed by atoms with Crippen LogP contribution in [0.2, 0.25) is 0 Å². The van der Waals surface area contributed by atoms with E-state index in [-0.39, 0.29) is 18.3 Å². The van der Waals surface area contributed by atoms with Gasteiger partial charge in [0.1, 0.15) is 5.82 Å². The second-order valence-electron chi connectivity index (χ2n) is 4.52. The zero-order chi connectivity index (χ0) is 13.9. The van der Waals surface area contributed by atoms with Gasteiger partial charge in [-0.15, -0.1) is 11.8 Å². The van der Waals surface area contributed by atoms with Crippen LogP contribution in [0.3, 0.4) is 0 Å². The van der Waals surface area contributed by atoms with Gasteiger partial charge in [0.2, 0.25) is 0 Å². The lowest BCUT2D eigenvalue weighted by Crippen LogP contribution is -2.26. The van der Waals surface area contributed by atoms with E-state index in [9.17, 15) is 17.6 Å². The third-order valence-electron chi connectivity index (χ3n) is 3.05. The van der Waals surface area contributed by atoms with E-state index in [1.807, 2.05) is 6.07 Å². The fourth-order valence-electron chi connectivity index (χ4n) is 2.16. The standard InChI is InChI=1S/C13H15F4NS/c14-10-4-1-3-9-11(5-8-19-12(9)10)18-7-2-6-13(15,16)17/h1,3-4,11,18H,2,5-8H2. The van der Waals surface area contributed by atoms with Gasteiger partial charge in [-0.25, -0.2) is 4.39 Å². The van der Waals surface area contributed by atoms with Crippen LogP contribution in [0, 0.1) is 5.82 Å². The van der Waals surface area contributed by atoms with Crippen LogP contribution < -0.4 is 5.32 Å². The molecular weight excluding hydrogens is 278 g/mol. The van der Waals surface area contributed by atoms with Gasteiger partial charge >= 0.3 is 6.18 Å². The number of alkyl halides is 3. The zero-order valence-electron chi connectivity index (χ0n) is 10.3.